The van der Waals surface area contributed by atoms with Gasteiger partial charge in [0.05, 0.1) is 12.4 Å². The summed E-state index contributed by atoms with van der Waals surface area (Å²) in [6.07, 6.45) is 3.07. The molecule has 2 rings (SSSR count). The molecule has 0 aromatic heterocycles. The number of ether oxygens (including phenoxy) is 1. The number of hydrogen-bond donors (Lipinski definition) is 1. The van der Waals surface area contributed by atoms with Gasteiger partial charge >= 0.3 is 0 Å². The molecule has 0 aliphatic carbocycles. The molecule has 1 aromatic rings. The van der Waals surface area contributed by atoms with E-state index in [4.69, 9.17) is 4.74 Å². The molecule has 2 heteroatoms. The molecule has 0 saturated heterocycles. The summed E-state index contributed by atoms with van der Waals surface area (Å²) in [6, 6.07) is 7.68. The summed E-state index contributed by atoms with van der Waals surface area (Å²) in [5.41, 5.74) is 4.45. The smallest absolute Gasteiger partial charge is 0.0891 e. The third-order valence-electron chi connectivity index (χ3n) is 3.84. The molecule has 2 nitrogen and oxygen atoms in total. The van der Waals surface area contributed by atoms with Crippen LogP contribution in [0.2, 0.25) is 0 Å². The van der Waals surface area contributed by atoms with Crippen LogP contribution in [0.4, 0.5) is 0 Å². The van der Waals surface area contributed by atoms with E-state index < -0.39 is 0 Å². The number of hydrogen-bond acceptors (Lipinski definition) is 2. The van der Waals surface area contributed by atoms with E-state index in [-0.39, 0.29) is 0 Å². The predicted octanol–water partition coefficient (Wildman–Crippen LogP) is 3.76. The zero-order valence-electron chi connectivity index (χ0n) is 12.3. The van der Waals surface area contributed by atoms with Crippen molar-refractivity contribution in [3.8, 4) is 0 Å². The molecule has 1 aliphatic heterocycles. The minimum absolute atomic E-state index is 0.453. The number of nitrogens with one attached hydrogen (secondary N) is 1. The summed E-state index contributed by atoms with van der Waals surface area (Å²) in [7, 11) is 0. The van der Waals surface area contributed by atoms with Crippen LogP contribution < -0.4 is 5.32 Å². The Morgan fingerprint density at radius 1 is 1.42 bits per heavy atom. The van der Waals surface area contributed by atoms with Gasteiger partial charge in [-0.25, -0.2) is 0 Å². The van der Waals surface area contributed by atoms with Crippen molar-refractivity contribution in [3.63, 3.8) is 0 Å². The van der Waals surface area contributed by atoms with E-state index in [1.165, 1.54) is 16.7 Å². The van der Waals surface area contributed by atoms with Crippen LogP contribution in [-0.4, -0.2) is 12.6 Å². The highest BCUT2D eigenvalue weighted by atomic mass is 16.5. The monoisotopic (exact) mass is 259 g/mol. The SMILES string of the molecule is C=C(CCc1cccc2c1C[C@H](C)N[C@H]2C)OCC. The van der Waals surface area contributed by atoms with Gasteiger partial charge in [0.25, 0.3) is 0 Å². The van der Waals surface area contributed by atoms with Gasteiger partial charge in [-0.1, -0.05) is 24.8 Å². The van der Waals surface area contributed by atoms with Gasteiger partial charge in [-0.05, 0) is 50.3 Å². The predicted molar refractivity (Wildman–Crippen MR) is 80.2 cm³/mol. The van der Waals surface area contributed by atoms with Crippen molar-refractivity contribution in [3.05, 3.63) is 47.2 Å². The Balaban J connectivity index is 2.13. The van der Waals surface area contributed by atoms with Crippen LogP contribution in [-0.2, 0) is 17.6 Å². The van der Waals surface area contributed by atoms with Crippen LogP contribution in [0.15, 0.2) is 30.5 Å². The molecule has 104 valence electrons. The van der Waals surface area contributed by atoms with Crippen LogP contribution in [0.3, 0.4) is 0 Å². The van der Waals surface area contributed by atoms with Crippen LogP contribution in [0.25, 0.3) is 0 Å². The van der Waals surface area contributed by atoms with Crippen LogP contribution >= 0.6 is 0 Å². The quantitative estimate of drug-likeness (QED) is 0.813. The van der Waals surface area contributed by atoms with E-state index in [0.29, 0.717) is 18.7 Å². The summed E-state index contributed by atoms with van der Waals surface area (Å²) in [6.45, 7) is 11.2. The maximum Gasteiger partial charge on any atom is 0.0891 e. The van der Waals surface area contributed by atoms with Crippen molar-refractivity contribution in [2.45, 2.75) is 52.1 Å². The van der Waals surface area contributed by atoms with Gasteiger partial charge in [0.15, 0.2) is 0 Å². The molecule has 19 heavy (non-hydrogen) atoms. The molecule has 2 atom stereocenters. The zero-order chi connectivity index (χ0) is 13.8. The lowest BCUT2D eigenvalue weighted by Crippen LogP contribution is -2.36. The van der Waals surface area contributed by atoms with E-state index >= 15 is 0 Å². The van der Waals surface area contributed by atoms with Crippen molar-refractivity contribution < 1.29 is 4.74 Å². The van der Waals surface area contributed by atoms with E-state index in [1.807, 2.05) is 6.92 Å². The average molecular weight is 259 g/mol. The Labute approximate surface area is 116 Å². The fourth-order valence-corrected chi connectivity index (χ4v) is 2.98. The van der Waals surface area contributed by atoms with Gasteiger partial charge in [0.1, 0.15) is 0 Å². The molecule has 0 saturated carbocycles. The molecule has 0 fully saturated rings. The van der Waals surface area contributed by atoms with E-state index in [2.05, 4.69) is 43.9 Å². The molecule has 0 bridgehead atoms. The lowest BCUT2D eigenvalue weighted by Gasteiger charge is -2.31. The maximum absolute atomic E-state index is 5.44. The number of benzene rings is 1. The highest BCUT2D eigenvalue weighted by Gasteiger charge is 2.22. The second-order valence-electron chi connectivity index (χ2n) is 5.45. The van der Waals surface area contributed by atoms with Crippen LogP contribution in [0, 0.1) is 0 Å². The second kappa shape index (κ2) is 6.25. The molecule has 0 radical (unpaired) electrons. The number of rotatable bonds is 5. The molecule has 1 aromatic carbocycles. The highest BCUT2D eigenvalue weighted by Crippen LogP contribution is 2.28. The van der Waals surface area contributed by atoms with Gasteiger partial charge in [-0.2, -0.15) is 0 Å². The Hall–Kier alpha value is -1.28. The standard InChI is InChI=1S/C17H25NO/c1-5-19-13(3)9-10-15-7-6-8-16-14(4)18-12(2)11-17(15)16/h6-8,12,14,18H,3,5,9-11H2,1-2,4H3/t12-,14-/m0/s1. The van der Waals surface area contributed by atoms with Gasteiger partial charge in [0.2, 0.25) is 0 Å². The van der Waals surface area contributed by atoms with Crippen LogP contribution in [0.5, 0.6) is 0 Å². The molecule has 1 aliphatic rings. The third kappa shape index (κ3) is 3.38. The molecule has 0 spiro atoms. The first-order valence-electron chi connectivity index (χ1n) is 7.29. The zero-order valence-corrected chi connectivity index (χ0v) is 12.3. The Morgan fingerprint density at radius 3 is 2.95 bits per heavy atom. The minimum atomic E-state index is 0.453. The van der Waals surface area contributed by atoms with E-state index in [0.717, 1.165) is 25.0 Å². The minimum Gasteiger partial charge on any atom is -0.499 e. The van der Waals surface area contributed by atoms with Gasteiger partial charge < -0.3 is 10.1 Å². The normalized spacial score (nSPS) is 21.8. The number of fused-ring (bicyclic) bond motifs is 1. The van der Waals surface area contributed by atoms with Crippen molar-refractivity contribution in [2.24, 2.45) is 0 Å². The second-order valence-corrected chi connectivity index (χ2v) is 5.45. The molecule has 1 heterocycles. The average Bonchev–Trinajstić information content (AvgIpc) is 2.36. The number of aryl methyl sites for hydroxylation is 1. The Bertz CT molecular complexity index is 453. The van der Waals surface area contributed by atoms with Crippen molar-refractivity contribution in [1.82, 2.24) is 5.32 Å². The molecule has 1 N–H and O–H groups in total. The van der Waals surface area contributed by atoms with E-state index in [1.54, 1.807) is 0 Å². The largest absolute Gasteiger partial charge is 0.499 e. The maximum atomic E-state index is 5.44. The summed E-state index contributed by atoms with van der Waals surface area (Å²) in [5, 5.41) is 3.61. The third-order valence-corrected chi connectivity index (χ3v) is 3.84. The first kappa shape index (κ1) is 14.1. The van der Waals surface area contributed by atoms with Crippen molar-refractivity contribution >= 4 is 0 Å². The van der Waals surface area contributed by atoms with Crippen molar-refractivity contribution in [1.29, 1.82) is 0 Å². The summed E-state index contributed by atoms with van der Waals surface area (Å²) in [5.74, 6) is 0.898. The first-order chi connectivity index (χ1) is 9.11. The molecule has 0 unspecified atom stereocenters. The lowest BCUT2D eigenvalue weighted by atomic mass is 9.86. The number of allylic oxidation sites excluding steroid dienone is 1. The molecule has 0 amide bonds. The van der Waals surface area contributed by atoms with Crippen molar-refractivity contribution in [2.75, 3.05) is 6.61 Å². The molecular weight excluding hydrogens is 234 g/mol. The fraction of sp³-hybridized carbons (Fsp3) is 0.529. The summed E-state index contributed by atoms with van der Waals surface area (Å²) < 4.78 is 5.44. The topological polar surface area (TPSA) is 21.3 Å². The first-order valence-corrected chi connectivity index (χ1v) is 7.29. The van der Waals surface area contributed by atoms with Crippen LogP contribution in [0.1, 0.15) is 49.9 Å². The van der Waals surface area contributed by atoms with Gasteiger partial charge in [-0.3, -0.25) is 0 Å². The Morgan fingerprint density at radius 2 is 2.21 bits per heavy atom. The van der Waals surface area contributed by atoms with Gasteiger partial charge in [-0.15, -0.1) is 0 Å². The highest BCUT2D eigenvalue weighted by molar-refractivity contribution is 5.39. The molecular formula is C17H25NO. The lowest BCUT2D eigenvalue weighted by molar-refractivity contribution is 0.220. The van der Waals surface area contributed by atoms with E-state index in [9.17, 15) is 0 Å². The summed E-state index contributed by atoms with van der Waals surface area (Å²) >= 11 is 0. The Kier molecular flexibility index (Phi) is 4.65. The van der Waals surface area contributed by atoms with Gasteiger partial charge in [0, 0.05) is 18.5 Å². The summed E-state index contributed by atoms with van der Waals surface area (Å²) in [4.78, 5) is 0. The fourth-order valence-electron chi connectivity index (χ4n) is 2.98.